The Labute approximate surface area is 105 Å². The summed E-state index contributed by atoms with van der Waals surface area (Å²) < 4.78 is 7.32. The van der Waals surface area contributed by atoms with Gasteiger partial charge in [-0.15, -0.1) is 0 Å². The van der Waals surface area contributed by atoms with Crippen LogP contribution in [-0.4, -0.2) is 21.8 Å². The predicted molar refractivity (Wildman–Crippen MR) is 69.4 cm³/mol. The lowest BCUT2D eigenvalue weighted by atomic mass is 10.1. The van der Waals surface area contributed by atoms with Gasteiger partial charge >= 0.3 is 0 Å². The molecule has 0 spiro atoms. The number of hydrogen-bond donors (Lipinski definition) is 0. The van der Waals surface area contributed by atoms with Gasteiger partial charge in [0.25, 0.3) is 0 Å². The molecule has 92 valence electrons. The van der Waals surface area contributed by atoms with Crippen LogP contribution in [-0.2, 0) is 4.74 Å². The quantitative estimate of drug-likeness (QED) is 0.470. The first-order valence-electron chi connectivity index (χ1n) is 5.68. The minimum atomic E-state index is -0.0124. The first kappa shape index (κ1) is 12.1. The number of fused-ring (bicyclic) bond motifs is 1. The Morgan fingerprint density at radius 1 is 1.56 bits per heavy atom. The van der Waals surface area contributed by atoms with E-state index in [1.54, 1.807) is 18.3 Å². The smallest absolute Gasteiger partial charge is 0.185 e. The summed E-state index contributed by atoms with van der Waals surface area (Å²) in [6.07, 6.45) is 3.49. The molecule has 0 unspecified atom stereocenters. The van der Waals surface area contributed by atoms with E-state index in [0.717, 1.165) is 5.69 Å². The standard InChI is InChI=1S/C14H14N2O2/c1-4-13(18-5-2)12-8-11(10(3)17)9-14-15-6-7-16(12)14/h6-9H,1,5H2,2-3H3. The van der Waals surface area contributed by atoms with E-state index in [1.807, 2.05) is 17.5 Å². The van der Waals surface area contributed by atoms with Crippen molar-refractivity contribution in [3.05, 3.63) is 48.1 Å². The van der Waals surface area contributed by atoms with Crippen LogP contribution in [0.5, 0.6) is 0 Å². The van der Waals surface area contributed by atoms with E-state index in [-0.39, 0.29) is 5.78 Å². The summed E-state index contributed by atoms with van der Waals surface area (Å²) in [5.74, 6) is 0.505. The average molecular weight is 242 g/mol. The molecule has 0 aromatic carbocycles. The highest BCUT2D eigenvalue weighted by molar-refractivity contribution is 5.95. The summed E-state index contributed by atoms with van der Waals surface area (Å²) in [5, 5.41) is 0. The predicted octanol–water partition coefficient (Wildman–Crippen LogP) is 2.70. The molecule has 0 amide bonds. The molecule has 0 saturated carbocycles. The molecule has 0 fully saturated rings. The highest BCUT2D eigenvalue weighted by atomic mass is 16.5. The SMILES string of the molecule is C=C=C(OCC)c1cc(C(C)=O)cc2nccn12. The van der Waals surface area contributed by atoms with Gasteiger partial charge in [-0.2, -0.15) is 0 Å². The van der Waals surface area contributed by atoms with Crippen LogP contribution in [0.4, 0.5) is 0 Å². The Morgan fingerprint density at radius 2 is 2.33 bits per heavy atom. The number of pyridine rings is 1. The zero-order valence-corrected chi connectivity index (χ0v) is 10.4. The highest BCUT2D eigenvalue weighted by Gasteiger charge is 2.11. The van der Waals surface area contributed by atoms with Crippen molar-refractivity contribution in [2.75, 3.05) is 6.61 Å². The van der Waals surface area contributed by atoms with Gasteiger partial charge in [0.05, 0.1) is 12.3 Å². The van der Waals surface area contributed by atoms with Crippen LogP contribution >= 0.6 is 0 Å². The second kappa shape index (κ2) is 4.90. The largest absolute Gasteiger partial charge is 0.484 e. The number of ketones is 1. The van der Waals surface area contributed by atoms with Crippen LogP contribution in [0.1, 0.15) is 29.9 Å². The number of hydrogen-bond acceptors (Lipinski definition) is 3. The van der Waals surface area contributed by atoms with Crippen LogP contribution in [0.3, 0.4) is 0 Å². The second-order valence-corrected chi connectivity index (χ2v) is 3.78. The van der Waals surface area contributed by atoms with Crippen LogP contribution in [0.15, 0.2) is 36.8 Å². The number of nitrogens with zero attached hydrogens (tertiary/aromatic N) is 2. The number of imidazole rings is 1. The number of carbonyl (C=O) groups is 1. The topological polar surface area (TPSA) is 43.6 Å². The van der Waals surface area contributed by atoms with Gasteiger partial charge in [0, 0.05) is 18.0 Å². The number of rotatable bonds is 4. The van der Waals surface area contributed by atoms with Gasteiger partial charge in [0.15, 0.2) is 11.5 Å². The first-order chi connectivity index (χ1) is 8.67. The van der Waals surface area contributed by atoms with Crippen molar-refractivity contribution >= 4 is 17.2 Å². The maximum absolute atomic E-state index is 11.5. The molecule has 18 heavy (non-hydrogen) atoms. The lowest BCUT2D eigenvalue weighted by molar-refractivity contribution is 0.101. The Bertz CT molecular complexity index is 649. The van der Waals surface area contributed by atoms with Crippen molar-refractivity contribution in [3.8, 4) is 0 Å². The third kappa shape index (κ3) is 2.06. The second-order valence-electron chi connectivity index (χ2n) is 3.78. The molecule has 2 heterocycles. The van der Waals surface area contributed by atoms with Gasteiger partial charge in [-0.1, -0.05) is 12.3 Å². The summed E-state index contributed by atoms with van der Waals surface area (Å²) in [5.41, 5.74) is 4.77. The van der Waals surface area contributed by atoms with Crippen LogP contribution in [0, 0.1) is 0 Å². The number of Topliss-reactive ketones (excluding diaryl/α,β-unsaturated/α-hetero) is 1. The molecule has 4 nitrogen and oxygen atoms in total. The molecular formula is C14H14N2O2. The van der Waals surface area contributed by atoms with E-state index in [2.05, 4.69) is 17.3 Å². The van der Waals surface area contributed by atoms with Crippen molar-refractivity contribution in [1.82, 2.24) is 9.38 Å². The molecular weight excluding hydrogens is 228 g/mol. The lowest BCUT2D eigenvalue weighted by Crippen LogP contribution is -2.02. The van der Waals surface area contributed by atoms with Crippen molar-refractivity contribution in [3.63, 3.8) is 0 Å². The average Bonchev–Trinajstić information content (AvgIpc) is 2.82. The van der Waals surface area contributed by atoms with Gasteiger partial charge < -0.3 is 4.74 Å². The summed E-state index contributed by atoms with van der Waals surface area (Å²) in [4.78, 5) is 15.7. The van der Waals surface area contributed by atoms with Gasteiger partial charge in [0.2, 0.25) is 0 Å². The minimum absolute atomic E-state index is 0.0124. The van der Waals surface area contributed by atoms with Crippen molar-refractivity contribution < 1.29 is 9.53 Å². The molecule has 0 bridgehead atoms. The normalized spacial score (nSPS) is 10.1. The molecule has 0 radical (unpaired) electrons. The molecule has 0 N–H and O–H groups in total. The molecule has 2 aromatic heterocycles. The minimum Gasteiger partial charge on any atom is -0.484 e. The van der Waals surface area contributed by atoms with Gasteiger partial charge in [0.1, 0.15) is 5.65 Å². The van der Waals surface area contributed by atoms with Crippen molar-refractivity contribution in [2.24, 2.45) is 0 Å². The maximum Gasteiger partial charge on any atom is 0.185 e. The maximum atomic E-state index is 11.5. The van der Waals surface area contributed by atoms with E-state index in [0.29, 0.717) is 23.6 Å². The Hall–Kier alpha value is -2.32. The zero-order valence-electron chi connectivity index (χ0n) is 10.4. The van der Waals surface area contributed by atoms with Crippen LogP contribution in [0.25, 0.3) is 11.4 Å². The molecule has 0 atom stereocenters. The van der Waals surface area contributed by atoms with Gasteiger partial charge in [-0.3, -0.25) is 9.20 Å². The van der Waals surface area contributed by atoms with Crippen LogP contribution in [0.2, 0.25) is 0 Å². The van der Waals surface area contributed by atoms with E-state index in [4.69, 9.17) is 4.74 Å². The molecule has 2 aromatic rings. The summed E-state index contributed by atoms with van der Waals surface area (Å²) in [6, 6.07) is 3.51. The summed E-state index contributed by atoms with van der Waals surface area (Å²) in [7, 11) is 0. The first-order valence-corrected chi connectivity index (χ1v) is 5.68. The third-order valence-corrected chi connectivity index (χ3v) is 2.59. The molecule has 0 saturated heterocycles. The zero-order chi connectivity index (χ0) is 13.1. The molecule has 0 aliphatic heterocycles. The number of ether oxygens (including phenoxy) is 1. The number of aromatic nitrogens is 2. The molecule has 2 rings (SSSR count). The lowest BCUT2D eigenvalue weighted by Gasteiger charge is -2.10. The monoisotopic (exact) mass is 242 g/mol. The fourth-order valence-corrected chi connectivity index (χ4v) is 1.76. The Morgan fingerprint density at radius 3 is 2.94 bits per heavy atom. The highest BCUT2D eigenvalue weighted by Crippen LogP contribution is 2.19. The summed E-state index contributed by atoms with van der Waals surface area (Å²) >= 11 is 0. The van der Waals surface area contributed by atoms with Crippen LogP contribution < -0.4 is 0 Å². The Balaban J connectivity index is 2.70. The Kier molecular flexibility index (Phi) is 3.31. The van der Waals surface area contributed by atoms with E-state index in [9.17, 15) is 4.79 Å². The molecule has 0 aliphatic rings. The van der Waals surface area contributed by atoms with Crippen molar-refractivity contribution in [1.29, 1.82) is 0 Å². The third-order valence-electron chi connectivity index (χ3n) is 2.59. The van der Waals surface area contributed by atoms with E-state index >= 15 is 0 Å². The fraction of sp³-hybridized carbons (Fsp3) is 0.214. The van der Waals surface area contributed by atoms with Gasteiger partial charge in [-0.05, 0) is 26.0 Å². The molecule has 4 heteroatoms. The van der Waals surface area contributed by atoms with E-state index < -0.39 is 0 Å². The number of carbonyl (C=O) groups excluding carboxylic acids is 1. The summed E-state index contributed by atoms with van der Waals surface area (Å²) in [6.45, 7) is 7.54. The van der Waals surface area contributed by atoms with Crippen molar-refractivity contribution in [2.45, 2.75) is 13.8 Å². The fourth-order valence-electron chi connectivity index (χ4n) is 1.76. The molecule has 0 aliphatic carbocycles. The van der Waals surface area contributed by atoms with E-state index in [1.165, 1.54) is 6.92 Å². The van der Waals surface area contributed by atoms with Gasteiger partial charge in [-0.25, -0.2) is 4.98 Å².